The molecule has 0 bridgehead atoms. The SMILES string of the molecule is CN=C(NCC1(C)CCCCC1O)NC1CCN(CC2CC2)CC1.I. The van der Waals surface area contributed by atoms with Gasteiger partial charge in [0.05, 0.1) is 6.10 Å². The Morgan fingerprint density at radius 1 is 1.16 bits per heavy atom. The van der Waals surface area contributed by atoms with Crippen molar-refractivity contribution in [3.8, 4) is 0 Å². The fraction of sp³-hybridized carbons (Fsp3) is 0.947. The molecule has 1 aliphatic heterocycles. The monoisotopic (exact) mass is 464 g/mol. The van der Waals surface area contributed by atoms with Gasteiger partial charge in [-0.15, -0.1) is 24.0 Å². The number of guanidine groups is 1. The van der Waals surface area contributed by atoms with E-state index in [0.717, 1.165) is 37.7 Å². The lowest BCUT2D eigenvalue weighted by atomic mass is 9.73. The Morgan fingerprint density at radius 3 is 2.48 bits per heavy atom. The van der Waals surface area contributed by atoms with Gasteiger partial charge in [-0.3, -0.25) is 4.99 Å². The Hall–Kier alpha value is -0.0800. The van der Waals surface area contributed by atoms with Gasteiger partial charge in [0.15, 0.2) is 5.96 Å². The molecule has 0 amide bonds. The largest absolute Gasteiger partial charge is 0.392 e. The molecule has 1 heterocycles. The third-order valence-corrected chi connectivity index (χ3v) is 6.30. The van der Waals surface area contributed by atoms with Crippen molar-refractivity contribution >= 4 is 29.9 Å². The Morgan fingerprint density at radius 2 is 1.88 bits per heavy atom. The number of aliphatic hydroxyl groups is 1. The highest BCUT2D eigenvalue weighted by Gasteiger charge is 2.35. The van der Waals surface area contributed by atoms with E-state index in [1.165, 1.54) is 51.7 Å². The zero-order chi connectivity index (χ0) is 17.0. The number of rotatable bonds is 5. The molecule has 0 aromatic carbocycles. The van der Waals surface area contributed by atoms with Gasteiger partial charge in [-0.05, 0) is 44.4 Å². The zero-order valence-corrected chi connectivity index (χ0v) is 18.3. The molecule has 0 aromatic heterocycles. The topological polar surface area (TPSA) is 59.9 Å². The second kappa shape index (κ2) is 9.74. The number of halogens is 1. The van der Waals surface area contributed by atoms with Crippen molar-refractivity contribution in [2.45, 2.75) is 70.4 Å². The van der Waals surface area contributed by atoms with E-state index in [1.807, 2.05) is 7.05 Å². The minimum atomic E-state index is -0.192. The third-order valence-electron chi connectivity index (χ3n) is 6.30. The van der Waals surface area contributed by atoms with Crippen LogP contribution in [0.15, 0.2) is 4.99 Å². The second-order valence-corrected chi connectivity index (χ2v) is 8.50. The second-order valence-electron chi connectivity index (χ2n) is 8.50. The molecule has 2 aliphatic carbocycles. The first-order valence-electron chi connectivity index (χ1n) is 9.97. The van der Waals surface area contributed by atoms with E-state index in [9.17, 15) is 5.11 Å². The van der Waals surface area contributed by atoms with Crippen molar-refractivity contribution < 1.29 is 5.11 Å². The predicted molar refractivity (Wildman–Crippen MR) is 115 cm³/mol. The van der Waals surface area contributed by atoms with Crippen LogP contribution >= 0.6 is 24.0 Å². The van der Waals surface area contributed by atoms with Crippen molar-refractivity contribution in [1.82, 2.24) is 15.5 Å². The van der Waals surface area contributed by atoms with Crippen molar-refractivity contribution in [2.24, 2.45) is 16.3 Å². The lowest BCUT2D eigenvalue weighted by molar-refractivity contribution is 0.00393. The average molecular weight is 464 g/mol. The van der Waals surface area contributed by atoms with Gasteiger partial charge in [0.2, 0.25) is 0 Å². The van der Waals surface area contributed by atoms with Gasteiger partial charge in [0, 0.05) is 44.7 Å². The summed E-state index contributed by atoms with van der Waals surface area (Å²) in [5, 5.41) is 17.4. The number of piperidine rings is 1. The Bertz CT molecular complexity index is 435. The number of aliphatic hydroxyl groups excluding tert-OH is 1. The summed E-state index contributed by atoms with van der Waals surface area (Å²) in [7, 11) is 1.84. The molecule has 2 atom stereocenters. The van der Waals surface area contributed by atoms with Gasteiger partial charge in [0.25, 0.3) is 0 Å². The molecule has 146 valence electrons. The van der Waals surface area contributed by atoms with Crippen molar-refractivity contribution in [3.63, 3.8) is 0 Å². The highest BCUT2D eigenvalue weighted by molar-refractivity contribution is 14.0. The van der Waals surface area contributed by atoms with Crippen LogP contribution in [0.25, 0.3) is 0 Å². The maximum absolute atomic E-state index is 10.3. The summed E-state index contributed by atoms with van der Waals surface area (Å²) >= 11 is 0. The predicted octanol–water partition coefficient (Wildman–Crippen LogP) is 2.59. The zero-order valence-electron chi connectivity index (χ0n) is 16.0. The smallest absolute Gasteiger partial charge is 0.191 e. The summed E-state index contributed by atoms with van der Waals surface area (Å²) in [4.78, 5) is 7.03. The van der Waals surface area contributed by atoms with E-state index in [4.69, 9.17) is 0 Å². The van der Waals surface area contributed by atoms with Crippen LogP contribution in [0, 0.1) is 11.3 Å². The summed E-state index contributed by atoms with van der Waals surface area (Å²) in [6.07, 6.45) is 9.51. The molecular formula is C19H37IN4O. The van der Waals surface area contributed by atoms with E-state index in [-0.39, 0.29) is 35.5 Å². The van der Waals surface area contributed by atoms with Gasteiger partial charge >= 0.3 is 0 Å². The molecule has 0 aromatic rings. The van der Waals surface area contributed by atoms with Gasteiger partial charge in [-0.25, -0.2) is 0 Å². The normalized spacial score (nSPS) is 32.1. The first kappa shape index (κ1) is 21.2. The van der Waals surface area contributed by atoms with E-state index in [2.05, 4.69) is 27.4 Å². The molecule has 0 radical (unpaired) electrons. The van der Waals surface area contributed by atoms with Gasteiger partial charge < -0.3 is 20.6 Å². The molecule has 3 fully saturated rings. The minimum Gasteiger partial charge on any atom is -0.392 e. The first-order valence-corrected chi connectivity index (χ1v) is 9.97. The third kappa shape index (κ3) is 6.24. The Labute approximate surface area is 170 Å². The van der Waals surface area contributed by atoms with Crippen LogP contribution in [0.2, 0.25) is 0 Å². The van der Waals surface area contributed by atoms with Gasteiger partial charge in [-0.2, -0.15) is 0 Å². The lowest BCUT2D eigenvalue weighted by Gasteiger charge is -2.39. The fourth-order valence-electron chi connectivity index (χ4n) is 4.19. The molecule has 5 nitrogen and oxygen atoms in total. The van der Waals surface area contributed by atoms with E-state index in [1.54, 1.807) is 0 Å². The van der Waals surface area contributed by atoms with Crippen molar-refractivity contribution in [1.29, 1.82) is 0 Å². The summed E-state index contributed by atoms with van der Waals surface area (Å²) in [5.74, 6) is 1.89. The minimum absolute atomic E-state index is 0. The number of likely N-dealkylation sites (tertiary alicyclic amines) is 1. The van der Waals surface area contributed by atoms with Crippen molar-refractivity contribution in [2.75, 3.05) is 33.2 Å². The average Bonchev–Trinajstić information content (AvgIpc) is 3.40. The first-order chi connectivity index (χ1) is 11.6. The standard InChI is InChI=1S/C19H36N4O.HI/c1-19(10-4-3-5-17(19)24)14-21-18(20-2)22-16-8-11-23(12-9-16)13-15-6-7-15;/h15-17,24H,3-14H2,1-2H3,(H2,20,21,22);1H. The highest BCUT2D eigenvalue weighted by Crippen LogP contribution is 2.35. The van der Waals surface area contributed by atoms with Gasteiger partial charge in [-0.1, -0.05) is 19.8 Å². The van der Waals surface area contributed by atoms with Gasteiger partial charge in [0.1, 0.15) is 0 Å². The quantitative estimate of drug-likeness (QED) is 0.333. The van der Waals surface area contributed by atoms with Crippen LogP contribution in [0.4, 0.5) is 0 Å². The number of nitrogens with zero attached hydrogens (tertiary/aromatic N) is 2. The molecule has 0 spiro atoms. The van der Waals surface area contributed by atoms with Crippen LogP contribution in [0.1, 0.15) is 58.3 Å². The molecule has 3 aliphatic rings. The Balaban J connectivity index is 0.00000225. The van der Waals surface area contributed by atoms with E-state index in [0.29, 0.717) is 6.04 Å². The van der Waals surface area contributed by atoms with Crippen LogP contribution in [0.3, 0.4) is 0 Å². The molecule has 3 rings (SSSR count). The lowest BCUT2D eigenvalue weighted by Crippen LogP contribution is -2.52. The fourth-order valence-corrected chi connectivity index (χ4v) is 4.19. The molecular weight excluding hydrogens is 427 g/mol. The van der Waals surface area contributed by atoms with Crippen molar-refractivity contribution in [3.05, 3.63) is 0 Å². The van der Waals surface area contributed by atoms with Crippen LogP contribution in [0.5, 0.6) is 0 Å². The Kier molecular flexibility index (Phi) is 8.27. The maximum atomic E-state index is 10.3. The molecule has 3 N–H and O–H groups in total. The molecule has 25 heavy (non-hydrogen) atoms. The number of hydrogen-bond donors (Lipinski definition) is 3. The molecule has 6 heteroatoms. The number of nitrogens with one attached hydrogen (secondary N) is 2. The molecule has 1 saturated heterocycles. The van der Waals surface area contributed by atoms with Crippen LogP contribution in [-0.2, 0) is 0 Å². The van der Waals surface area contributed by atoms with Crippen LogP contribution in [-0.4, -0.2) is 61.3 Å². The number of aliphatic imine (C=N–C) groups is 1. The number of hydrogen-bond acceptors (Lipinski definition) is 3. The van der Waals surface area contributed by atoms with E-state index < -0.39 is 0 Å². The van der Waals surface area contributed by atoms with Crippen LogP contribution < -0.4 is 10.6 Å². The molecule has 2 saturated carbocycles. The summed E-state index contributed by atoms with van der Waals surface area (Å²) in [5.41, 5.74) is -0.0243. The maximum Gasteiger partial charge on any atom is 0.191 e. The summed E-state index contributed by atoms with van der Waals surface area (Å²) in [6, 6.07) is 0.524. The highest BCUT2D eigenvalue weighted by atomic mass is 127. The summed E-state index contributed by atoms with van der Waals surface area (Å²) in [6.45, 7) is 6.74. The summed E-state index contributed by atoms with van der Waals surface area (Å²) < 4.78 is 0. The van der Waals surface area contributed by atoms with E-state index >= 15 is 0 Å². The molecule has 2 unspecified atom stereocenters.